The maximum absolute atomic E-state index is 12.4. The molecule has 1 amide bonds. The van der Waals surface area contributed by atoms with Crippen LogP contribution in [-0.2, 0) is 16.1 Å². The molecule has 144 valence electrons. The fraction of sp³-hybridized carbons (Fsp3) is 0.333. The second-order valence-electron chi connectivity index (χ2n) is 7.25. The zero-order valence-corrected chi connectivity index (χ0v) is 16.5. The number of hydrogen-bond acceptors (Lipinski definition) is 3. The molecule has 2 aromatic carbocycles. The summed E-state index contributed by atoms with van der Waals surface area (Å²) in [6, 6.07) is 15.3. The van der Waals surface area contributed by atoms with E-state index in [1.54, 1.807) is 20.8 Å². The second kappa shape index (κ2) is 8.91. The van der Waals surface area contributed by atoms with Gasteiger partial charge >= 0.3 is 12.1 Å². The fourth-order valence-electron chi connectivity index (χ4n) is 2.46. The van der Waals surface area contributed by atoms with Crippen molar-refractivity contribution in [3.05, 3.63) is 59.1 Å². The van der Waals surface area contributed by atoms with Gasteiger partial charge in [0.25, 0.3) is 0 Å². The molecule has 0 heterocycles. The van der Waals surface area contributed by atoms with Crippen molar-refractivity contribution in [1.82, 2.24) is 4.90 Å². The molecule has 0 atom stereocenters. The third kappa shape index (κ3) is 6.94. The number of carbonyl (C=O) groups excluding carboxylic acids is 1. The van der Waals surface area contributed by atoms with E-state index in [1.165, 1.54) is 4.90 Å². The zero-order chi connectivity index (χ0) is 20.0. The van der Waals surface area contributed by atoms with Crippen LogP contribution >= 0.6 is 11.6 Å². The van der Waals surface area contributed by atoms with Gasteiger partial charge in [-0.05, 0) is 49.6 Å². The molecule has 0 saturated carbocycles. The van der Waals surface area contributed by atoms with Crippen LogP contribution in [0.3, 0.4) is 0 Å². The Hall–Kier alpha value is -2.53. The number of carboxylic acids is 1. The Bertz CT molecular complexity index is 779. The number of amides is 1. The number of aliphatic carboxylic acids is 1. The molecule has 0 aliphatic carbocycles. The molecule has 2 rings (SSSR count). The van der Waals surface area contributed by atoms with Crippen LogP contribution < -0.4 is 0 Å². The summed E-state index contributed by atoms with van der Waals surface area (Å²) in [5.41, 5.74) is 2.33. The largest absolute Gasteiger partial charge is 0.481 e. The van der Waals surface area contributed by atoms with Gasteiger partial charge in [0.1, 0.15) is 5.60 Å². The standard InChI is InChI=1S/C21H24ClNO4/c1-21(2,3)27-20(26)23(13-12-19(24)25)14-15-4-6-16(7-5-15)17-8-10-18(22)11-9-17/h4-11H,12-14H2,1-3H3,(H,24,25). The van der Waals surface area contributed by atoms with Gasteiger partial charge in [-0.1, -0.05) is 48.0 Å². The van der Waals surface area contributed by atoms with Crippen LogP contribution in [0, 0.1) is 0 Å². The van der Waals surface area contributed by atoms with E-state index in [0.29, 0.717) is 5.02 Å². The Balaban J connectivity index is 2.12. The zero-order valence-electron chi connectivity index (χ0n) is 15.7. The molecule has 2 aromatic rings. The number of carboxylic acid groups (broad SMARTS) is 1. The van der Waals surface area contributed by atoms with Crippen LogP contribution in [0.2, 0.25) is 5.02 Å². The highest BCUT2D eigenvalue weighted by Crippen LogP contribution is 2.22. The highest BCUT2D eigenvalue weighted by molar-refractivity contribution is 6.30. The summed E-state index contributed by atoms with van der Waals surface area (Å²) in [7, 11) is 0. The second-order valence-corrected chi connectivity index (χ2v) is 7.69. The average Bonchev–Trinajstić information content (AvgIpc) is 2.58. The molecule has 6 heteroatoms. The van der Waals surface area contributed by atoms with Gasteiger partial charge in [0.05, 0.1) is 6.42 Å². The van der Waals surface area contributed by atoms with Crippen molar-refractivity contribution >= 4 is 23.7 Å². The van der Waals surface area contributed by atoms with Crippen LogP contribution in [0.25, 0.3) is 11.1 Å². The van der Waals surface area contributed by atoms with Gasteiger partial charge in [-0.2, -0.15) is 0 Å². The molecule has 0 aromatic heterocycles. The van der Waals surface area contributed by atoms with Gasteiger partial charge < -0.3 is 14.7 Å². The first-order chi connectivity index (χ1) is 12.6. The molecule has 5 nitrogen and oxygen atoms in total. The van der Waals surface area contributed by atoms with E-state index in [0.717, 1.165) is 16.7 Å². The lowest BCUT2D eigenvalue weighted by molar-refractivity contribution is -0.137. The molecule has 1 N–H and O–H groups in total. The number of carbonyl (C=O) groups is 2. The quantitative estimate of drug-likeness (QED) is 0.735. The number of halogens is 1. The van der Waals surface area contributed by atoms with Gasteiger partial charge in [-0.25, -0.2) is 4.79 Å². The fourth-order valence-corrected chi connectivity index (χ4v) is 2.58. The third-order valence-electron chi connectivity index (χ3n) is 3.75. The molecule has 0 aliphatic rings. The lowest BCUT2D eigenvalue weighted by atomic mass is 10.0. The van der Waals surface area contributed by atoms with Crippen LogP contribution in [0.5, 0.6) is 0 Å². The number of benzene rings is 2. The van der Waals surface area contributed by atoms with Crippen molar-refractivity contribution in [3.63, 3.8) is 0 Å². The molecular formula is C21H24ClNO4. The van der Waals surface area contributed by atoms with E-state index >= 15 is 0 Å². The number of hydrogen-bond donors (Lipinski definition) is 1. The Kier molecular flexibility index (Phi) is 6.86. The summed E-state index contributed by atoms with van der Waals surface area (Å²) < 4.78 is 5.39. The van der Waals surface area contributed by atoms with Crippen molar-refractivity contribution in [1.29, 1.82) is 0 Å². The van der Waals surface area contributed by atoms with Gasteiger partial charge in [0.2, 0.25) is 0 Å². The van der Waals surface area contributed by atoms with Crippen molar-refractivity contribution in [3.8, 4) is 11.1 Å². The summed E-state index contributed by atoms with van der Waals surface area (Å²) in [6.07, 6.45) is -0.659. The first-order valence-corrected chi connectivity index (χ1v) is 9.06. The minimum absolute atomic E-state index is 0.0865. The molecule has 0 aliphatic heterocycles. The molecule has 0 spiro atoms. The normalized spacial score (nSPS) is 11.1. The van der Waals surface area contributed by atoms with Crippen molar-refractivity contribution in [2.45, 2.75) is 39.3 Å². The molecule has 0 saturated heterocycles. The van der Waals surface area contributed by atoms with Crippen LogP contribution in [0.1, 0.15) is 32.8 Å². The monoisotopic (exact) mass is 389 g/mol. The predicted molar refractivity (Wildman–Crippen MR) is 106 cm³/mol. The number of ether oxygens (including phenoxy) is 1. The van der Waals surface area contributed by atoms with Crippen LogP contribution in [0.15, 0.2) is 48.5 Å². The maximum Gasteiger partial charge on any atom is 0.410 e. The van der Waals surface area contributed by atoms with Crippen LogP contribution in [0.4, 0.5) is 4.79 Å². The van der Waals surface area contributed by atoms with Gasteiger partial charge in [-0.15, -0.1) is 0 Å². The number of nitrogens with zero attached hydrogens (tertiary/aromatic N) is 1. The van der Waals surface area contributed by atoms with Gasteiger partial charge in [0, 0.05) is 18.1 Å². The highest BCUT2D eigenvalue weighted by Gasteiger charge is 2.22. The smallest absolute Gasteiger partial charge is 0.410 e. The minimum Gasteiger partial charge on any atom is -0.481 e. The molecule has 0 bridgehead atoms. The topological polar surface area (TPSA) is 66.8 Å². The lowest BCUT2D eigenvalue weighted by Gasteiger charge is -2.27. The minimum atomic E-state index is -0.957. The van der Waals surface area contributed by atoms with E-state index in [1.807, 2.05) is 48.5 Å². The molecule has 0 unspecified atom stereocenters. The Morgan fingerprint density at radius 3 is 2.00 bits per heavy atom. The maximum atomic E-state index is 12.4. The van der Waals surface area contributed by atoms with Crippen LogP contribution in [-0.4, -0.2) is 34.2 Å². The summed E-state index contributed by atoms with van der Waals surface area (Å²) in [5, 5.41) is 9.62. The Labute approximate surface area is 164 Å². The molecule has 27 heavy (non-hydrogen) atoms. The first kappa shape index (κ1) is 20.8. The Morgan fingerprint density at radius 1 is 1.00 bits per heavy atom. The molecule has 0 fully saturated rings. The first-order valence-electron chi connectivity index (χ1n) is 8.68. The van der Waals surface area contributed by atoms with Gasteiger partial charge in [0.15, 0.2) is 0 Å². The van der Waals surface area contributed by atoms with E-state index in [-0.39, 0.29) is 19.5 Å². The molecular weight excluding hydrogens is 366 g/mol. The lowest BCUT2D eigenvalue weighted by Crippen LogP contribution is -2.37. The van der Waals surface area contributed by atoms with Crippen molar-refractivity contribution in [2.75, 3.05) is 6.54 Å². The molecule has 0 radical (unpaired) electrons. The highest BCUT2D eigenvalue weighted by atomic mass is 35.5. The summed E-state index contributed by atoms with van der Waals surface area (Å²) in [5.74, 6) is -0.957. The van der Waals surface area contributed by atoms with E-state index < -0.39 is 17.7 Å². The summed E-state index contributed by atoms with van der Waals surface area (Å²) in [4.78, 5) is 24.7. The van der Waals surface area contributed by atoms with Crippen molar-refractivity contribution in [2.24, 2.45) is 0 Å². The Morgan fingerprint density at radius 2 is 1.52 bits per heavy atom. The average molecular weight is 390 g/mol. The van der Waals surface area contributed by atoms with Crippen molar-refractivity contribution < 1.29 is 19.4 Å². The van der Waals surface area contributed by atoms with E-state index in [4.69, 9.17) is 21.4 Å². The number of rotatable bonds is 6. The summed E-state index contributed by atoms with van der Waals surface area (Å²) >= 11 is 5.92. The summed E-state index contributed by atoms with van der Waals surface area (Å²) in [6.45, 7) is 5.70. The van der Waals surface area contributed by atoms with E-state index in [2.05, 4.69) is 0 Å². The van der Waals surface area contributed by atoms with Gasteiger partial charge in [-0.3, -0.25) is 4.79 Å². The SMILES string of the molecule is CC(C)(C)OC(=O)N(CCC(=O)O)Cc1ccc(-c2ccc(Cl)cc2)cc1. The third-order valence-corrected chi connectivity index (χ3v) is 4.00. The predicted octanol–water partition coefficient (Wildman–Crippen LogP) is 5.22. The van der Waals surface area contributed by atoms with E-state index in [9.17, 15) is 9.59 Å².